The first kappa shape index (κ1) is 19.6. The van der Waals surface area contributed by atoms with Gasteiger partial charge in [-0.15, -0.1) is 0 Å². The second kappa shape index (κ2) is 7.59. The zero-order chi connectivity index (χ0) is 22.1. The zero-order valence-electron chi connectivity index (χ0n) is 15.6. The van der Waals surface area contributed by atoms with Crippen LogP contribution in [0.1, 0.15) is 37.4 Å². The molecule has 0 unspecified atom stereocenters. The van der Waals surface area contributed by atoms with Crippen molar-refractivity contribution in [3.63, 3.8) is 0 Å². The lowest BCUT2D eigenvalue weighted by Gasteiger charge is -2.17. The van der Waals surface area contributed by atoms with Crippen LogP contribution in [0.25, 0.3) is 0 Å². The number of rotatable bonds is 5. The van der Waals surface area contributed by atoms with E-state index in [4.69, 9.17) is 0 Å². The Morgan fingerprint density at radius 1 is 0.774 bits per heavy atom. The fourth-order valence-corrected chi connectivity index (χ4v) is 3.25. The molecule has 31 heavy (non-hydrogen) atoms. The quantitative estimate of drug-likeness (QED) is 0.296. The summed E-state index contributed by atoms with van der Waals surface area (Å²) in [5.74, 6) is -0.521. The van der Waals surface area contributed by atoms with Gasteiger partial charge in [0.1, 0.15) is 5.69 Å². The van der Waals surface area contributed by atoms with Crippen LogP contribution in [0.2, 0.25) is 0 Å². The molecule has 0 aromatic heterocycles. The summed E-state index contributed by atoms with van der Waals surface area (Å²) in [6.45, 7) is 0. The van der Waals surface area contributed by atoms with Crippen molar-refractivity contribution in [3.05, 3.63) is 109 Å². The van der Waals surface area contributed by atoms with Gasteiger partial charge in [0.25, 0.3) is 5.69 Å². The van der Waals surface area contributed by atoms with Crippen LogP contribution in [-0.4, -0.2) is 27.6 Å². The molecule has 10 heteroatoms. The molecule has 10 nitrogen and oxygen atoms in total. The number of benzene rings is 3. The maximum atomic E-state index is 12.8. The van der Waals surface area contributed by atoms with Crippen molar-refractivity contribution in [2.75, 3.05) is 5.43 Å². The molecule has 0 atom stereocenters. The number of nitro groups is 2. The Labute approximate surface area is 174 Å². The molecule has 1 aliphatic carbocycles. The second-order valence-electron chi connectivity index (χ2n) is 6.59. The monoisotopic (exact) mass is 416 g/mol. The van der Waals surface area contributed by atoms with Crippen molar-refractivity contribution < 1.29 is 19.4 Å². The largest absolute Gasteiger partial charge is 0.301 e. The first-order valence-corrected chi connectivity index (χ1v) is 8.91. The Kier molecular flexibility index (Phi) is 4.80. The lowest BCUT2D eigenvalue weighted by molar-refractivity contribution is -0.393. The lowest BCUT2D eigenvalue weighted by atomic mass is 9.83. The molecule has 1 aliphatic rings. The minimum atomic E-state index is -0.758. The van der Waals surface area contributed by atoms with Crippen LogP contribution < -0.4 is 5.43 Å². The minimum absolute atomic E-state index is 0.0370. The molecule has 4 rings (SSSR count). The van der Waals surface area contributed by atoms with Gasteiger partial charge in [0.15, 0.2) is 11.6 Å². The molecule has 0 saturated carbocycles. The summed E-state index contributed by atoms with van der Waals surface area (Å²) in [4.78, 5) is 45.9. The Bertz CT molecular complexity index is 1310. The molecule has 1 N–H and O–H groups in total. The summed E-state index contributed by atoms with van der Waals surface area (Å²) >= 11 is 0. The molecule has 0 spiro atoms. The molecular weight excluding hydrogens is 404 g/mol. The van der Waals surface area contributed by atoms with Gasteiger partial charge in [-0.2, -0.15) is 5.10 Å². The van der Waals surface area contributed by atoms with Crippen molar-refractivity contribution in [2.45, 2.75) is 0 Å². The van der Waals surface area contributed by atoms with E-state index in [-0.39, 0.29) is 22.8 Å². The summed E-state index contributed by atoms with van der Waals surface area (Å²) < 4.78 is 0. The lowest BCUT2D eigenvalue weighted by Crippen LogP contribution is -2.20. The van der Waals surface area contributed by atoms with Gasteiger partial charge >= 0.3 is 5.69 Å². The number of fused-ring (bicyclic) bond motifs is 2. The topological polar surface area (TPSA) is 145 Å². The van der Waals surface area contributed by atoms with Crippen LogP contribution in [0.4, 0.5) is 17.1 Å². The molecule has 0 amide bonds. The first-order valence-electron chi connectivity index (χ1n) is 8.91. The van der Waals surface area contributed by atoms with Gasteiger partial charge < -0.3 is 0 Å². The molecule has 3 aromatic rings. The van der Waals surface area contributed by atoms with Crippen LogP contribution in [0.5, 0.6) is 0 Å². The number of hydrogen-bond acceptors (Lipinski definition) is 8. The molecule has 0 saturated heterocycles. The van der Waals surface area contributed by atoms with Crippen LogP contribution in [0.3, 0.4) is 0 Å². The third-order valence-corrected chi connectivity index (χ3v) is 4.74. The van der Waals surface area contributed by atoms with Crippen LogP contribution in [0.15, 0.2) is 65.8 Å². The number of carbonyl (C=O) groups is 2. The van der Waals surface area contributed by atoms with E-state index in [1.54, 1.807) is 30.3 Å². The van der Waals surface area contributed by atoms with Crippen LogP contribution >= 0.6 is 0 Å². The van der Waals surface area contributed by atoms with Crippen molar-refractivity contribution in [2.24, 2.45) is 5.10 Å². The molecule has 152 valence electrons. The fraction of sp³-hybridized carbons (Fsp3) is 0. The standard InChI is InChI=1S/C21H12N4O6/c26-20-14-3-1-2-4-15(14)21(27)17-9-12(5-7-16(17)20)11-22-23-18-8-6-13(24(28)29)10-19(18)25(30)31/h1-11,23H. The maximum Gasteiger partial charge on any atom is 0.301 e. The van der Waals surface area contributed by atoms with Gasteiger partial charge in [0.2, 0.25) is 0 Å². The van der Waals surface area contributed by atoms with E-state index in [1.165, 1.54) is 24.4 Å². The van der Waals surface area contributed by atoms with Gasteiger partial charge in [-0.05, 0) is 23.8 Å². The summed E-state index contributed by atoms with van der Waals surface area (Å²) in [7, 11) is 0. The van der Waals surface area contributed by atoms with Crippen molar-refractivity contribution in [3.8, 4) is 0 Å². The highest BCUT2D eigenvalue weighted by Gasteiger charge is 2.29. The smallest absolute Gasteiger partial charge is 0.289 e. The van der Waals surface area contributed by atoms with Gasteiger partial charge in [-0.1, -0.05) is 30.3 Å². The number of nitro benzene ring substituents is 2. The Balaban J connectivity index is 1.61. The van der Waals surface area contributed by atoms with Crippen LogP contribution in [-0.2, 0) is 0 Å². The van der Waals surface area contributed by atoms with E-state index in [1.807, 2.05) is 0 Å². The van der Waals surface area contributed by atoms with Gasteiger partial charge in [0, 0.05) is 28.3 Å². The maximum absolute atomic E-state index is 12.8. The third kappa shape index (κ3) is 3.53. The van der Waals surface area contributed by atoms with E-state index in [0.717, 1.165) is 12.1 Å². The molecule has 0 radical (unpaired) electrons. The number of anilines is 1. The average Bonchev–Trinajstić information content (AvgIpc) is 2.77. The van der Waals surface area contributed by atoms with Gasteiger partial charge in [-0.25, -0.2) is 0 Å². The summed E-state index contributed by atoms with van der Waals surface area (Å²) in [6, 6.07) is 14.3. The highest BCUT2D eigenvalue weighted by atomic mass is 16.6. The Hall–Kier alpha value is -4.73. The summed E-state index contributed by atoms with van der Waals surface area (Å²) in [5, 5.41) is 25.9. The number of ketones is 2. The molecule has 3 aromatic carbocycles. The third-order valence-electron chi connectivity index (χ3n) is 4.74. The van der Waals surface area contributed by atoms with E-state index in [9.17, 15) is 29.8 Å². The SMILES string of the molecule is O=C1c2ccccc2C(=O)c2cc(C=NNc3ccc([N+](=O)[O-])cc3[N+](=O)[O-])ccc21. The fourth-order valence-electron chi connectivity index (χ4n) is 3.25. The molecule has 0 bridgehead atoms. The second-order valence-corrected chi connectivity index (χ2v) is 6.59. The number of nitrogens with zero attached hydrogens (tertiary/aromatic N) is 3. The predicted octanol–water partition coefficient (Wildman–Crippen LogP) is 3.72. The first-order chi connectivity index (χ1) is 14.9. The summed E-state index contributed by atoms with van der Waals surface area (Å²) in [6.07, 6.45) is 1.32. The van der Waals surface area contributed by atoms with Gasteiger partial charge in [0.05, 0.1) is 22.1 Å². The van der Waals surface area contributed by atoms with Crippen LogP contribution in [0, 0.1) is 20.2 Å². The Morgan fingerprint density at radius 3 is 2.06 bits per heavy atom. The molecule has 0 aliphatic heterocycles. The highest BCUT2D eigenvalue weighted by Crippen LogP contribution is 2.29. The number of hydrogen-bond donors (Lipinski definition) is 1. The summed E-state index contributed by atoms with van der Waals surface area (Å²) in [5.41, 5.74) is 3.22. The zero-order valence-corrected chi connectivity index (χ0v) is 15.6. The van der Waals surface area contributed by atoms with E-state index >= 15 is 0 Å². The van der Waals surface area contributed by atoms with Gasteiger partial charge in [-0.3, -0.25) is 35.2 Å². The highest BCUT2D eigenvalue weighted by molar-refractivity contribution is 6.28. The predicted molar refractivity (Wildman–Crippen MR) is 111 cm³/mol. The number of carbonyl (C=O) groups excluding carboxylic acids is 2. The number of nitrogens with one attached hydrogen (secondary N) is 1. The van der Waals surface area contributed by atoms with E-state index in [2.05, 4.69) is 10.5 Å². The molecule has 0 fully saturated rings. The number of non-ortho nitro benzene ring substituents is 1. The number of hydrazone groups is 1. The van der Waals surface area contributed by atoms with Crippen molar-refractivity contribution >= 4 is 34.8 Å². The van der Waals surface area contributed by atoms with E-state index in [0.29, 0.717) is 22.3 Å². The minimum Gasteiger partial charge on any atom is -0.289 e. The normalized spacial score (nSPS) is 12.4. The Morgan fingerprint density at radius 2 is 1.42 bits per heavy atom. The average molecular weight is 416 g/mol. The molecular formula is C21H12N4O6. The van der Waals surface area contributed by atoms with Crippen molar-refractivity contribution in [1.29, 1.82) is 0 Å². The van der Waals surface area contributed by atoms with E-state index < -0.39 is 21.2 Å². The van der Waals surface area contributed by atoms with Crippen molar-refractivity contribution in [1.82, 2.24) is 0 Å². The molecule has 0 heterocycles.